The van der Waals surface area contributed by atoms with Crippen LogP contribution in [0.3, 0.4) is 0 Å². The SMILES string of the molecule is COc1c(C(NN)c2cc(Br)ccc2N)ccc(C)c1C. The van der Waals surface area contributed by atoms with Crippen LogP contribution in [0.2, 0.25) is 0 Å². The van der Waals surface area contributed by atoms with Gasteiger partial charge in [-0.25, -0.2) is 5.43 Å². The van der Waals surface area contributed by atoms with Gasteiger partial charge in [-0.1, -0.05) is 28.1 Å². The fourth-order valence-electron chi connectivity index (χ4n) is 2.45. The van der Waals surface area contributed by atoms with Gasteiger partial charge >= 0.3 is 0 Å². The van der Waals surface area contributed by atoms with Crippen molar-refractivity contribution in [3.8, 4) is 5.75 Å². The highest BCUT2D eigenvalue weighted by Gasteiger charge is 2.21. The maximum absolute atomic E-state index is 6.11. The van der Waals surface area contributed by atoms with Crippen molar-refractivity contribution < 1.29 is 4.74 Å². The summed E-state index contributed by atoms with van der Waals surface area (Å²) in [4.78, 5) is 0. The van der Waals surface area contributed by atoms with Gasteiger partial charge in [0, 0.05) is 15.7 Å². The van der Waals surface area contributed by atoms with Crippen LogP contribution in [0.4, 0.5) is 5.69 Å². The van der Waals surface area contributed by atoms with Crippen molar-refractivity contribution in [2.45, 2.75) is 19.9 Å². The molecule has 0 heterocycles. The second-order valence-corrected chi connectivity index (χ2v) is 5.92. The molecule has 0 aliphatic rings. The molecule has 2 rings (SSSR count). The number of nitrogens with two attached hydrogens (primary N) is 2. The Hall–Kier alpha value is -1.56. The molecule has 0 bridgehead atoms. The molecular weight excluding hydrogens is 330 g/mol. The Morgan fingerprint density at radius 2 is 1.86 bits per heavy atom. The number of methoxy groups -OCH3 is 1. The molecule has 2 aromatic carbocycles. The van der Waals surface area contributed by atoms with Crippen LogP contribution in [0.15, 0.2) is 34.8 Å². The molecule has 1 atom stereocenters. The first kappa shape index (κ1) is 15.8. The van der Waals surface area contributed by atoms with Crippen molar-refractivity contribution in [1.29, 1.82) is 0 Å². The van der Waals surface area contributed by atoms with Crippen LogP contribution < -0.4 is 21.7 Å². The molecular formula is C16H20BrN3O. The van der Waals surface area contributed by atoms with Crippen molar-refractivity contribution in [2.75, 3.05) is 12.8 Å². The minimum atomic E-state index is -0.239. The predicted molar refractivity (Wildman–Crippen MR) is 90.2 cm³/mol. The smallest absolute Gasteiger partial charge is 0.127 e. The van der Waals surface area contributed by atoms with E-state index in [1.54, 1.807) is 7.11 Å². The van der Waals surface area contributed by atoms with Crippen molar-refractivity contribution in [3.63, 3.8) is 0 Å². The van der Waals surface area contributed by atoms with Gasteiger partial charge in [0.2, 0.25) is 0 Å². The van der Waals surface area contributed by atoms with E-state index in [2.05, 4.69) is 34.3 Å². The molecule has 4 nitrogen and oxygen atoms in total. The first-order valence-corrected chi connectivity index (χ1v) is 7.44. The number of rotatable bonds is 4. The number of hydrogen-bond acceptors (Lipinski definition) is 4. The number of hydrogen-bond donors (Lipinski definition) is 3. The van der Waals surface area contributed by atoms with E-state index in [4.69, 9.17) is 16.3 Å². The lowest BCUT2D eigenvalue weighted by molar-refractivity contribution is 0.401. The van der Waals surface area contributed by atoms with E-state index < -0.39 is 0 Å². The van der Waals surface area contributed by atoms with Gasteiger partial charge in [0.25, 0.3) is 0 Å². The summed E-state index contributed by atoms with van der Waals surface area (Å²) in [6, 6.07) is 9.57. The summed E-state index contributed by atoms with van der Waals surface area (Å²) in [6.45, 7) is 4.09. The van der Waals surface area contributed by atoms with Crippen LogP contribution in [-0.4, -0.2) is 7.11 Å². The highest BCUT2D eigenvalue weighted by Crippen LogP contribution is 2.36. The molecule has 112 valence electrons. The zero-order valence-corrected chi connectivity index (χ0v) is 14.0. The molecule has 5 N–H and O–H groups in total. The molecule has 1 unspecified atom stereocenters. The van der Waals surface area contributed by atoms with Gasteiger partial charge in [-0.2, -0.15) is 0 Å². The van der Waals surface area contributed by atoms with Crippen LogP contribution in [0, 0.1) is 13.8 Å². The molecule has 0 aliphatic heterocycles. The average Bonchev–Trinajstić information content (AvgIpc) is 2.47. The summed E-state index contributed by atoms with van der Waals surface area (Å²) in [5.74, 6) is 6.62. The maximum atomic E-state index is 6.11. The van der Waals surface area contributed by atoms with Crippen molar-refractivity contribution in [3.05, 3.63) is 57.1 Å². The van der Waals surface area contributed by atoms with Crippen LogP contribution in [0.25, 0.3) is 0 Å². The third-order valence-corrected chi connectivity index (χ3v) is 4.24. The lowest BCUT2D eigenvalue weighted by Gasteiger charge is -2.23. The van der Waals surface area contributed by atoms with E-state index in [9.17, 15) is 0 Å². The Morgan fingerprint density at radius 1 is 1.14 bits per heavy atom. The minimum Gasteiger partial charge on any atom is -0.496 e. The van der Waals surface area contributed by atoms with Gasteiger partial charge in [-0.3, -0.25) is 5.84 Å². The van der Waals surface area contributed by atoms with Crippen LogP contribution in [-0.2, 0) is 0 Å². The molecule has 5 heteroatoms. The van der Waals surface area contributed by atoms with E-state index in [0.717, 1.165) is 26.9 Å². The van der Waals surface area contributed by atoms with Gasteiger partial charge in [0.05, 0.1) is 13.2 Å². The Kier molecular flexibility index (Phi) is 4.88. The van der Waals surface area contributed by atoms with E-state index >= 15 is 0 Å². The van der Waals surface area contributed by atoms with E-state index in [0.29, 0.717) is 5.69 Å². The van der Waals surface area contributed by atoms with E-state index in [1.165, 1.54) is 5.56 Å². The summed E-state index contributed by atoms with van der Waals surface area (Å²) >= 11 is 3.47. The molecule has 0 amide bonds. The fourth-order valence-corrected chi connectivity index (χ4v) is 2.83. The molecule has 0 aliphatic carbocycles. The van der Waals surface area contributed by atoms with Crippen molar-refractivity contribution in [1.82, 2.24) is 5.43 Å². The van der Waals surface area contributed by atoms with Crippen molar-refractivity contribution >= 4 is 21.6 Å². The molecule has 0 radical (unpaired) electrons. The van der Waals surface area contributed by atoms with Gasteiger partial charge < -0.3 is 10.5 Å². The predicted octanol–water partition coefficient (Wildman–Crippen LogP) is 3.21. The number of ether oxygens (including phenoxy) is 1. The molecule has 0 spiro atoms. The van der Waals surface area contributed by atoms with E-state index in [1.807, 2.05) is 31.2 Å². The number of hydrazine groups is 1. The number of nitrogens with one attached hydrogen (secondary N) is 1. The fraction of sp³-hybridized carbons (Fsp3) is 0.250. The molecule has 21 heavy (non-hydrogen) atoms. The summed E-state index contributed by atoms with van der Waals surface area (Å²) in [5.41, 5.74) is 13.8. The van der Waals surface area contributed by atoms with E-state index in [-0.39, 0.29) is 6.04 Å². The number of benzene rings is 2. The Balaban J connectivity index is 2.62. The topological polar surface area (TPSA) is 73.3 Å². The third-order valence-electron chi connectivity index (χ3n) is 3.75. The third kappa shape index (κ3) is 3.05. The quantitative estimate of drug-likeness (QED) is 0.450. The summed E-state index contributed by atoms with van der Waals surface area (Å²) < 4.78 is 6.54. The van der Waals surface area contributed by atoms with Crippen LogP contribution in [0.1, 0.15) is 28.3 Å². The summed E-state index contributed by atoms with van der Waals surface area (Å²) in [7, 11) is 1.67. The Labute approximate surface area is 133 Å². The first-order chi connectivity index (χ1) is 9.99. The van der Waals surface area contributed by atoms with Crippen LogP contribution >= 0.6 is 15.9 Å². The second kappa shape index (κ2) is 6.47. The lowest BCUT2D eigenvalue weighted by Crippen LogP contribution is -2.30. The standard InChI is InChI=1S/C16H20BrN3O/c1-9-4-6-12(16(21-3)10(9)2)15(20-19)13-8-11(17)5-7-14(13)18/h4-8,15,20H,18-19H2,1-3H3. The number of halogens is 1. The second-order valence-electron chi connectivity index (χ2n) is 5.00. The Morgan fingerprint density at radius 3 is 2.48 bits per heavy atom. The minimum absolute atomic E-state index is 0.239. The normalized spacial score (nSPS) is 12.2. The molecule has 0 fully saturated rings. The van der Waals surface area contributed by atoms with Gasteiger partial charge in [-0.05, 0) is 48.7 Å². The van der Waals surface area contributed by atoms with Gasteiger partial charge in [0.1, 0.15) is 5.75 Å². The highest BCUT2D eigenvalue weighted by atomic mass is 79.9. The van der Waals surface area contributed by atoms with Gasteiger partial charge in [0.15, 0.2) is 0 Å². The lowest BCUT2D eigenvalue weighted by atomic mass is 9.94. The summed E-state index contributed by atoms with van der Waals surface area (Å²) in [5, 5.41) is 0. The molecule has 0 saturated carbocycles. The molecule has 0 saturated heterocycles. The highest BCUT2D eigenvalue weighted by molar-refractivity contribution is 9.10. The van der Waals surface area contributed by atoms with Gasteiger partial charge in [-0.15, -0.1) is 0 Å². The Bertz CT molecular complexity index is 658. The average molecular weight is 350 g/mol. The number of nitrogen functional groups attached to an aromatic ring is 1. The molecule has 0 aromatic heterocycles. The zero-order valence-electron chi connectivity index (χ0n) is 12.4. The van der Waals surface area contributed by atoms with Crippen LogP contribution in [0.5, 0.6) is 5.75 Å². The monoisotopic (exact) mass is 349 g/mol. The molecule has 2 aromatic rings. The first-order valence-electron chi connectivity index (χ1n) is 6.64. The van der Waals surface area contributed by atoms with Crippen molar-refractivity contribution in [2.24, 2.45) is 5.84 Å². The largest absolute Gasteiger partial charge is 0.496 e. The number of aryl methyl sites for hydroxylation is 1. The zero-order chi connectivity index (χ0) is 15.6. The summed E-state index contributed by atoms with van der Waals surface area (Å²) in [6.07, 6.45) is 0. The maximum Gasteiger partial charge on any atom is 0.127 e. The number of anilines is 1.